The monoisotopic (exact) mass is 839 g/mol. The summed E-state index contributed by atoms with van der Waals surface area (Å²) in [5.41, 5.74) is 3.73. The van der Waals surface area contributed by atoms with E-state index in [0.29, 0.717) is 0 Å². The van der Waals surface area contributed by atoms with Crippen molar-refractivity contribution in [1.82, 2.24) is 4.98 Å². The summed E-state index contributed by atoms with van der Waals surface area (Å²) in [4.78, 5) is 17.0. The van der Waals surface area contributed by atoms with Gasteiger partial charge in [0.2, 0.25) is 0 Å². The summed E-state index contributed by atoms with van der Waals surface area (Å²) in [6, 6.07) is 23.0. The number of aromatic nitrogens is 1. The van der Waals surface area contributed by atoms with Crippen molar-refractivity contribution < 1.29 is 34.4 Å². The van der Waals surface area contributed by atoms with Crippen molar-refractivity contribution in [3.05, 3.63) is 90.5 Å². The fraction of sp³-hybridized carbons (Fsp3) is 0.381. The zero-order valence-corrected chi connectivity index (χ0v) is 32.9. The Morgan fingerprint density at radius 1 is 0.875 bits per heavy atom. The van der Waals surface area contributed by atoms with E-state index < -0.39 is 0 Å². The number of furan rings is 1. The van der Waals surface area contributed by atoms with Crippen LogP contribution in [0.3, 0.4) is 0 Å². The van der Waals surface area contributed by atoms with Crippen molar-refractivity contribution in [1.29, 1.82) is 0 Å². The smallest absolute Gasteiger partial charge is 0.164 e. The van der Waals surface area contributed by atoms with Gasteiger partial charge in [0.1, 0.15) is 11.3 Å². The average Bonchev–Trinajstić information content (AvgIpc) is 3.69. The number of nitrogens with zero attached hydrogens (tertiary/aromatic N) is 1. The number of pyridine rings is 1. The molecule has 3 aromatic carbocycles. The molecule has 6 aromatic rings. The van der Waals surface area contributed by atoms with E-state index in [-0.39, 0.29) is 47.9 Å². The average molecular weight is 839 g/mol. The standard InChI is InChI=1S/C27H20NOS.C15H28O2.Ir/c1-27(2,3)22-14-18(12-16-6-4-5-7-19(16)22)25-26-20(8-10-28-25)21-13-17-9-11-29-23(17)15-24(21)30-26;1-7-14(5,8-2)12(16)11-13(17)15(6,9-3)10-4;/h4-11,13-15H,1-3H3;11,16H,7-10H2,1-6H3;/q-1;;/b;12-11-;. The van der Waals surface area contributed by atoms with E-state index in [1.54, 1.807) is 17.6 Å². The zero-order valence-electron chi connectivity index (χ0n) is 29.7. The van der Waals surface area contributed by atoms with E-state index in [2.05, 4.69) is 75.4 Å². The number of hydrogen-bond acceptors (Lipinski definition) is 5. The van der Waals surface area contributed by atoms with Gasteiger partial charge in [-0.25, -0.2) is 0 Å². The first kappa shape index (κ1) is 37.5. The molecule has 0 saturated carbocycles. The molecule has 3 heterocycles. The van der Waals surface area contributed by atoms with Crippen molar-refractivity contribution in [2.75, 3.05) is 0 Å². The van der Waals surface area contributed by atoms with Crippen LogP contribution in [-0.4, -0.2) is 15.9 Å². The van der Waals surface area contributed by atoms with Crippen molar-refractivity contribution in [2.45, 2.75) is 93.4 Å². The second-order valence-electron chi connectivity index (χ2n) is 14.3. The van der Waals surface area contributed by atoms with Crippen LogP contribution in [0.4, 0.5) is 0 Å². The molecule has 4 nitrogen and oxygen atoms in total. The Hall–Kier alpha value is -3.31. The Morgan fingerprint density at radius 3 is 2.19 bits per heavy atom. The summed E-state index contributed by atoms with van der Waals surface area (Å²) in [6.07, 6.45) is 8.43. The molecule has 0 saturated heterocycles. The third-order valence-electron chi connectivity index (χ3n) is 10.4. The quantitative estimate of drug-likeness (QED) is 0.0942. The summed E-state index contributed by atoms with van der Waals surface area (Å²) in [5.74, 6) is 0.286. The molecule has 0 spiro atoms. The molecule has 6 rings (SSSR count). The largest absolute Gasteiger partial charge is 0.512 e. The predicted octanol–water partition coefficient (Wildman–Crippen LogP) is 12.8. The summed E-state index contributed by atoms with van der Waals surface area (Å²) in [6.45, 7) is 18.9. The van der Waals surface area contributed by atoms with Gasteiger partial charge in [-0.15, -0.1) is 40.5 Å². The second-order valence-corrected chi connectivity index (χ2v) is 15.3. The molecular formula is C42H48IrNO3S-. The Kier molecular flexibility index (Phi) is 11.5. The van der Waals surface area contributed by atoms with Crippen LogP contribution in [0.25, 0.3) is 53.2 Å². The van der Waals surface area contributed by atoms with Gasteiger partial charge in [-0.05, 0) is 60.7 Å². The molecular weight excluding hydrogens is 791 g/mol. The van der Waals surface area contributed by atoms with Gasteiger partial charge in [0.15, 0.2) is 5.78 Å². The fourth-order valence-electron chi connectivity index (χ4n) is 6.01. The predicted molar refractivity (Wildman–Crippen MR) is 200 cm³/mol. The van der Waals surface area contributed by atoms with Crippen LogP contribution in [0.15, 0.2) is 83.3 Å². The van der Waals surface area contributed by atoms with Crippen molar-refractivity contribution in [2.24, 2.45) is 10.8 Å². The van der Waals surface area contributed by atoms with Gasteiger partial charge in [-0.2, -0.15) is 0 Å². The van der Waals surface area contributed by atoms with E-state index in [1.165, 1.54) is 37.2 Å². The number of thiophene rings is 1. The molecule has 255 valence electrons. The van der Waals surface area contributed by atoms with Crippen LogP contribution in [0.5, 0.6) is 0 Å². The van der Waals surface area contributed by atoms with Crippen LogP contribution in [0.2, 0.25) is 0 Å². The summed E-state index contributed by atoms with van der Waals surface area (Å²) in [7, 11) is 0. The van der Waals surface area contributed by atoms with Crippen molar-refractivity contribution in [3.8, 4) is 11.3 Å². The molecule has 0 atom stereocenters. The maximum absolute atomic E-state index is 12.2. The minimum atomic E-state index is -0.337. The van der Waals surface area contributed by atoms with E-state index >= 15 is 0 Å². The first-order chi connectivity index (χ1) is 22.3. The maximum Gasteiger partial charge on any atom is 0.164 e. The Labute approximate surface area is 303 Å². The molecule has 0 aliphatic carbocycles. The number of benzene rings is 3. The molecule has 0 amide bonds. The molecule has 48 heavy (non-hydrogen) atoms. The first-order valence-electron chi connectivity index (χ1n) is 16.9. The Morgan fingerprint density at radius 2 is 1.54 bits per heavy atom. The number of allylic oxidation sites excluding steroid dienone is 2. The normalized spacial score (nSPS) is 12.7. The number of fused-ring (bicyclic) bond motifs is 5. The molecule has 1 N–H and O–H groups in total. The van der Waals surface area contributed by atoms with Gasteiger partial charge >= 0.3 is 0 Å². The third kappa shape index (κ3) is 7.17. The first-order valence-corrected chi connectivity index (χ1v) is 17.7. The molecule has 0 fully saturated rings. The minimum Gasteiger partial charge on any atom is -0.512 e. The van der Waals surface area contributed by atoms with Crippen molar-refractivity contribution in [3.63, 3.8) is 0 Å². The van der Waals surface area contributed by atoms with E-state index in [1.807, 2.05) is 53.8 Å². The van der Waals surface area contributed by atoms with Gasteiger partial charge < -0.3 is 9.52 Å². The van der Waals surface area contributed by atoms with E-state index in [0.717, 1.165) is 53.3 Å². The number of rotatable bonds is 8. The SMILES string of the molecule is CC(C)(C)c1cc(-c2nccc3c2sc2cc4occc4cc23)[c-]c2ccccc12.CCC(C)(CC)C(=O)/C=C(\O)C(C)(CC)CC.[Ir]. The summed E-state index contributed by atoms with van der Waals surface area (Å²) >= 11 is 1.78. The van der Waals surface area contributed by atoms with Crippen LogP contribution in [-0.2, 0) is 30.3 Å². The van der Waals surface area contributed by atoms with Gasteiger partial charge in [0, 0.05) is 69.1 Å². The van der Waals surface area contributed by atoms with Crippen LogP contribution >= 0.6 is 11.3 Å². The molecule has 0 bridgehead atoms. The topological polar surface area (TPSA) is 63.3 Å². The Balaban J connectivity index is 0.000000251. The maximum atomic E-state index is 12.2. The summed E-state index contributed by atoms with van der Waals surface area (Å²) < 4.78 is 8.04. The van der Waals surface area contributed by atoms with E-state index in [4.69, 9.17) is 9.40 Å². The number of aliphatic hydroxyl groups excluding tert-OH is 1. The number of carbonyl (C=O) groups excluding carboxylic acids is 1. The number of ketones is 1. The van der Waals surface area contributed by atoms with Gasteiger partial charge in [-0.3, -0.25) is 9.78 Å². The molecule has 0 aliphatic rings. The third-order valence-corrected chi connectivity index (χ3v) is 11.6. The van der Waals surface area contributed by atoms with Gasteiger partial charge in [-0.1, -0.05) is 91.5 Å². The van der Waals surface area contributed by atoms with Crippen LogP contribution < -0.4 is 0 Å². The van der Waals surface area contributed by atoms with Gasteiger partial charge in [0.25, 0.3) is 0 Å². The zero-order chi connectivity index (χ0) is 34.1. The minimum absolute atomic E-state index is 0. The molecule has 0 unspecified atom stereocenters. The van der Waals surface area contributed by atoms with Crippen LogP contribution in [0.1, 0.15) is 93.6 Å². The number of hydrogen-bond donors (Lipinski definition) is 1. The number of carbonyl (C=O) groups is 1. The molecule has 0 aliphatic heterocycles. The van der Waals surface area contributed by atoms with Crippen LogP contribution in [0, 0.1) is 16.9 Å². The summed E-state index contributed by atoms with van der Waals surface area (Å²) in [5, 5.41) is 16.2. The molecule has 6 heteroatoms. The Bertz CT molecular complexity index is 2090. The number of aliphatic hydroxyl groups is 1. The van der Waals surface area contributed by atoms with Gasteiger partial charge in [0.05, 0.1) is 6.26 Å². The van der Waals surface area contributed by atoms with Crippen molar-refractivity contribution >= 4 is 59.0 Å². The van der Waals surface area contributed by atoms with E-state index in [9.17, 15) is 9.90 Å². The molecule has 1 radical (unpaired) electrons. The molecule has 3 aromatic heterocycles. The second kappa shape index (κ2) is 14.7. The fourth-order valence-corrected chi connectivity index (χ4v) is 7.22.